The van der Waals surface area contributed by atoms with Gasteiger partial charge < -0.3 is 14.6 Å². The summed E-state index contributed by atoms with van der Waals surface area (Å²) in [4.78, 5) is 0. The van der Waals surface area contributed by atoms with Crippen molar-refractivity contribution in [1.82, 2.24) is 0 Å². The molecule has 1 aliphatic rings. The maximum atomic E-state index is 9.73. The molecule has 2 aromatic carbocycles. The minimum absolute atomic E-state index is 0.0420. The van der Waals surface area contributed by atoms with Gasteiger partial charge in [-0.3, -0.25) is 0 Å². The number of phenols is 1. The quantitative estimate of drug-likeness (QED) is 0.886. The SMILES string of the molecule is COc1ccc(C2Oc3ccc(O)cc3CC2CC(C)C)cc1. The van der Waals surface area contributed by atoms with E-state index in [1.807, 2.05) is 24.3 Å². The molecule has 0 saturated heterocycles. The van der Waals surface area contributed by atoms with Crippen molar-refractivity contribution < 1.29 is 14.6 Å². The van der Waals surface area contributed by atoms with Crippen molar-refractivity contribution in [3.05, 3.63) is 53.6 Å². The van der Waals surface area contributed by atoms with Crippen LogP contribution in [0.15, 0.2) is 42.5 Å². The van der Waals surface area contributed by atoms with E-state index in [1.54, 1.807) is 13.2 Å². The van der Waals surface area contributed by atoms with Crippen LogP contribution in [0.2, 0.25) is 0 Å². The fourth-order valence-corrected chi connectivity index (χ4v) is 3.41. The third kappa shape index (κ3) is 3.44. The Kier molecular flexibility index (Phi) is 4.46. The van der Waals surface area contributed by atoms with Crippen molar-refractivity contribution in [3.63, 3.8) is 0 Å². The van der Waals surface area contributed by atoms with E-state index in [1.165, 1.54) is 5.56 Å². The Bertz CT molecular complexity index is 661. The number of hydrogen-bond donors (Lipinski definition) is 1. The second kappa shape index (κ2) is 6.53. The van der Waals surface area contributed by atoms with Gasteiger partial charge in [-0.1, -0.05) is 26.0 Å². The minimum atomic E-state index is 0.0420. The Morgan fingerprint density at radius 1 is 1.17 bits per heavy atom. The number of ether oxygens (including phenoxy) is 2. The molecule has 1 N–H and O–H groups in total. The first kappa shape index (κ1) is 15.7. The van der Waals surface area contributed by atoms with Crippen LogP contribution in [-0.4, -0.2) is 12.2 Å². The zero-order chi connectivity index (χ0) is 16.4. The maximum Gasteiger partial charge on any atom is 0.127 e. The van der Waals surface area contributed by atoms with Gasteiger partial charge in [0.05, 0.1) is 7.11 Å². The van der Waals surface area contributed by atoms with Gasteiger partial charge in [0, 0.05) is 5.92 Å². The van der Waals surface area contributed by atoms with E-state index in [0.717, 1.165) is 29.9 Å². The lowest BCUT2D eigenvalue weighted by molar-refractivity contribution is 0.0992. The molecule has 2 aromatic rings. The molecule has 0 fully saturated rings. The van der Waals surface area contributed by atoms with Gasteiger partial charge in [0.1, 0.15) is 23.4 Å². The fourth-order valence-electron chi connectivity index (χ4n) is 3.41. The van der Waals surface area contributed by atoms with Crippen LogP contribution in [0.25, 0.3) is 0 Å². The number of hydrogen-bond acceptors (Lipinski definition) is 3. The van der Waals surface area contributed by atoms with E-state index in [0.29, 0.717) is 17.6 Å². The molecule has 1 aliphatic heterocycles. The fraction of sp³-hybridized carbons (Fsp3) is 0.400. The predicted molar refractivity (Wildman–Crippen MR) is 91.1 cm³/mol. The largest absolute Gasteiger partial charge is 0.508 e. The summed E-state index contributed by atoms with van der Waals surface area (Å²) in [6.07, 6.45) is 2.06. The normalized spacial score (nSPS) is 20.0. The lowest BCUT2D eigenvalue weighted by Crippen LogP contribution is -2.27. The molecule has 3 nitrogen and oxygen atoms in total. The molecule has 0 amide bonds. The minimum Gasteiger partial charge on any atom is -0.508 e. The molecular formula is C20H24O3. The number of phenolic OH excluding ortho intramolecular Hbond substituents is 1. The molecule has 3 rings (SSSR count). The van der Waals surface area contributed by atoms with E-state index in [2.05, 4.69) is 26.0 Å². The summed E-state index contributed by atoms with van der Waals surface area (Å²) in [5, 5.41) is 9.73. The number of aromatic hydroxyl groups is 1. The summed E-state index contributed by atoms with van der Waals surface area (Å²) < 4.78 is 11.6. The van der Waals surface area contributed by atoms with Crippen LogP contribution in [-0.2, 0) is 6.42 Å². The Hall–Kier alpha value is -2.16. The molecule has 23 heavy (non-hydrogen) atoms. The van der Waals surface area contributed by atoms with Crippen LogP contribution in [0.3, 0.4) is 0 Å². The van der Waals surface area contributed by atoms with Gasteiger partial charge in [-0.2, -0.15) is 0 Å². The van der Waals surface area contributed by atoms with Gasteiger partial charge in [0.15, 0.2) is 0 Å². The lowest BCUT2D eigenvalue weighted by Gasteiger charge is -2.35. The smallest absolute Gasteiger partial charge is 0.127 e. The van der Waals surface area contributed by atoms with Crippen molar-refractivity contribution in [2.45, 2.75) is 32.8 Å². The third-order valence-electron chi connectivity index (χ3n) is 4.43. The highest BCUT2D eigenvalue weighted by molar-refractivity contribution is 5.42. The lowest BCUT2D eigenvalue weighted by atomic mass is 9.82. The summed E-state index contributed by atoms with van der Waals surface area (Å²) in [5.74, 6) is 3.04. The summed E-state index contributed by atoms with van der Waals surface area (Å²) >= 11 is 0. The summed E-state index contributed by atoms with van der Waals surface area (Å²) in [6, 6.07) is 13.5. The molecule has 0 aliphatic carbocycles. The highest BCUT2D eigenvalue weighted by Crippen LogP contribution is 2.42. The first-order valence-corrected chi connectivity index (χ1v) is 8.19. The molecular weight excluding hydrogens is 288 g/mol. The van der Waals surface area contributed by atoms with Crippen LogP contribution in [0.1, 0.15) is 37.5 Å². The second-order valence-electron chi connectivity index (χ2n) is 6.70. The van der Waals surface area contributed by atoms with Crippen LogP contribution < -0.4 is 9.47 Å². The summed E-state index contributed by atoms with van der Waals surface area (Å²) in [6.45, 7) is 4.48. The van der Waals surface area contributed by atoms with Gasteiger partial charge in [-0.25, -0.2) is 0 Å². The highest BCUT2D eigenvalue weighted by Gasteiger charge is 2.31. The van der Waals surface area contributed by atoms with E-state index in [-0.39, 0.29) is 6.10 Å². The van der Waals surface area contributed by atoms with E-state index in [9.17, 15) is 5.11 Å². The summed E-state index contributed by atoms with van der Waals surface area (Å²) in [7, 11) is 1.68. The first-order chi connectivity index (χ1) is 11.1. The van der Waals surface area contributed by atoms with Crippen LogP contribution in [0, 0.1) is 11.8 Å². The molecule has 0 bridgehead atoms. The molecule has 0 radical (unpaired) electrons. The molecule has 3 heteroatoms. The Morgan fingerprint density at radius 3 is 2.57 bits per heavy atom. The van der Waals surface area contributed by atoms with Crippen molar-refractivity contribution in [2.75, 3.05) is 7.11 Å². The molecule has 0 spiro atoms. The maximum absolute atomic E-state index is 9.73. The van der Waals surface area contributed by atoms with Gasteiger partial charge in [-0.05, 0) is 60.2 Å². The number of rotatable bonds is 4. The molecule has 0 saturated carbocycles. The number of fused-ring (bicyclic) bond motifs is 1. The Balaban J connectivity index is 1.93. The van der Waals surface area contributed by atoms with Crippen LogP contribution in [0.4, 0.5) is 0 Å². The van der Waals surface area contributed by atoms with E-state index >= 15 is 0 Å². The monoisotopic (exact) mass is 312 g/mol. The van der Waals surface area contributed by atoms with Crippen molar-refractivity contribution in [2.24, 2.45) is 11.8 Å². The third-order valence-corrected chi connectivity index (χ3v) is 4.43. The zero-order valence-electron chi connectivity index (χ0n) is 14.0. The number of methoxy groups -OCH3 is 1. The average molecular weight is 312 g/mol. The molecule has 1 heterocycles. The predicted octanol–water partition coefficient (Wildman–Crippen LogP) is 4.74. The Labute approximate surface area is 137 Å². The Morgan fingerprint density at radius 2 is 1.91 bits per heavy atom. The van der Waals surface area contributed by atoms with Crippen molar-refractivity contribution in [1.29, 1.82) is 0 Å². The van der Waals surface area contributed by atoms with E-state index in [4.69, 9.17) is 9.47 Å². The van der Waals surface area contributed by atoms with Gasteiger partial charge in [0.2, 0.25) is 0 Å². The highest BCUT2D eigenvalue weighted by atomic mass is 16.5. The number of benzene rings is 2. The molecule has 2 unspecified atom stereocenters. The van der Waals surface area contributed by atoms with Gasteiger partial charge >= 0.3 is 0 Å². The van der Waals surface area contributed by atoms with Gasteiger partial charge in [-0.15, -0.1) is 0 Å². The van der Waals surface area contributed by atoms with Crippen LogP contribution in [0.5, 0.6) is 17.2 Å². The molecule has 122 valence electrons. The molecule has 2 atom stereocenters. The molecule has 0 aromatic heterocycles. The zero-order valence-corrected chi connectivity index (χ0v) is 14.0. The van der Waals surface area contributed by atoms with Crippen molar-refractivity contribution >= 4 is 0 Å². The standard InChI is InChI=1S/C20H24O3/c1-13(2)10-16-11-15-12-17(21)6-9-19(15)23-20(16)14-4-7-18(22-3)8-5-14/h4-9,12-13,16,20-21H,10-11H2,1-3H3. The van der Waals surface area contributed by atoms with Crippen LogP contribution >= 0.6 is 0 Å². The first-order valence-electron chi connectivity index (χ1n) is 8.19. The summed E-state index contributed by atoms with van der Waals surface area (Å²) in [5.41, 5.74) is 2.27. The average Bonchev–Trinajstić information content (AvgIpc) is 2.54. The van der Waals surface area contributed by atoms with Crippen molar-refractivity contribution in [3.8, 4) is 17.2 Å². The van der Waals surface area contributed by atoms with E-state index < -0.39 is 0 Å². The second-order valence-corrected chi connectivity index (χ2v) is 6.70. The van der Waals surface area contributed by atoms with Gasteiger partial charge in [0.25, 0.3) is 0 Å². The topological polar surface area (TPSA) is 38.7 Å².